The summed E-state index contributed by atoms with van der Waals surface area (Å²) in [5, 5.41) is 3.06. The Morgan fingerprint density at radius 2 is 1.78 bits per heavy atom. The fourth-order valence-corrected chi connectivity index (χ4v) is 4.83. The van der Waals surface area contributed by atoms with Crippen LogP contribution >= 0.6 is 0 Å². The van der Waals surface area contributed by atoms with Crippen molar-refractivity contribution in [3.05, 3.63) is 96.5 Å². The molecular formula is C28H28N8O. The maximum absolute atomic E-state index is 13.3. The van der Waals surface area contributed by atoms with E-state index in [1.807, 2.05) is 76.3 Å². The Hall–Kier alpha value is -4.34. The number of fused-ring (bicyclic) bond motifs is 1. The van der Waals surface area contributed by atoms with Crippen molar-refractivity contribution in [3.8, 4) is 17.2 Å². The smallest absolute Gasteiger partial charge is 0.253 e. The summed E-state index contributed by atoms with van der Waals surface area (Å²) in [4.78, 5) is 31.4. The van der Waals surface area contributed by atoms with E-state index in [9.17, 15) is 4.79 Å². The van der Waals surface area contributed by atoms with Gasteiger partial charge >= 0.3 is 0 Å². The molecule has 1 saturated heterocycles. The first kappa shape index (κ1) is 23.1. The average molecular weight is 493 g/mol. The van der Waals surface area contributed by atoms with Crippen LogP contribution in [0.5, 0.6) is 0 Å². The van der Waals surface area contributed by atoms with E-state index in [0.29, 0.717) is 24.5 Å². The van der Waals surface area contributed by atoms with E-state index in [2.05, 4.69) is 26.3 Å². The summed E-state index contributed by atoms with van der Waals surface area (Å²) in [6, 6.07) is 17.2. The molecule has 4 aromatic rings. The minimum Gasteiger partial charge on any atom is -0.373 e. The molecule has 9 nitrogen and oxygen atoms in total. The Morgan fingerprint density at radius 1 is 0.973 bits per heavy atom. The Bertz CT molecular complexity index is 1470. The van der Waals surface area contributed by atoms with Crippen molar-refractivity contribution in [1.29, 1.82) is 0 Å². The average Bonchev–Trinajstić information content (AvgIpc) is 3.33. The quantitative estimate of drug-likeness (QED) is 0.441. The number of hydrogen-bond donors (Lipinski definition) is 2. The zero-order chi connectivity index (χ0) is 25.2. The highest BCUT2D eigenvalue weighted by molar-refractivity contribution is 5.94. The summed E-state index contributed by atoms with van der Waals surface area (Å²) in [6.45, 7) is 3.90. The van der Waals surface area contributed by atoms with Crippen molar-refractivity contribution in [2.24, 2.45) is 5.73 Å². The highest BCUT2D eigenvalue weighted by Gasteiger charge is 2.23. The van der Waals surface area contributed by atoms with Crippen LogP contribution in [0.3, 0.4) is 0 Å². The highest BCUT2D eigenvalue weighted by Crippen LogP contribution is 2.26. The standard InChI is InChI=1S/C28H28N8O/c29-25-18-20(10-13-31-25)19-34-14-16-35(17-15-34)28(37)21-6-8-22(9-7-21)36-26-24(5-3-12-32-26)33-27(36)23-4-1-2-11-30-23/h1-13,18,25,31H,14-17,19,29H2. The third kappa shape index (κ3) is 4.74. The third-order valence-corrected chi connectivity index (χ3v) is 6.73. The Labute approximate surface area is 214 Å². The molecule has 3 aromatic heterocycles. The number of nitrogens with two attached hydrogens (primary N) is 1. The van der Waals surface area contributed by atoms with Crippen LogP contribution in [-0.2, 0) is 0 Å². The lowest BCUT2D eigenvalue weighted by Gasteiger charge is -2.35. The van der Waals surface area contributed by atoms with Gasteiger partial charge in [-0.05, 0) is 72.5 Å². The van der Waals surface area contributed by atoms with Gasteiger partial charge in [0.1, 0.15) is 11.2 Å². The second-order valence-corrected chi connectivity index (χ2v) is 9.21. The van der Waals surface area contributed by atoms with Gasteiger partial charge in [-0.2, -0.15) is 0 Å². The van der Waals surface area contributed by atoms with E-state index >= 15 is 0 Å². The summed E-state index contributed by atoms with van der Waals surface area (Å²) >= 11 is 0. The molecule has 6 rings (SSSR count). The molecule has 9 heteroatoms. The number of amides is 1. The van der Waals surface area contributed by atoms with Crippen molar-refractivity contribution in [2.75, 3.05) is 32.7 Å². The summed E-state index contributed by atoms with van der Waals surface area (Å²) in [5.74, 6) is 0.761. The van der Waals surface area contributed by atoms with Gasteiger partial charge in [0.25, 0.3) is 5.91 Å². The molecule has 1 unspecified atom stereocenters. The number of piperazine rings is 1. The van der Waals surface area contributed by atoms with Crippen LogP contribution in [0.15, 0.2) is 90.9 Å². The van der Waals surface area contributed by atoms with Gasteiger partial charge in [0, 0.05) is 56.4 Å². The van der Waals surface area contributed by atoms with Gasteiger partial charge in [0.05, 0.1) is 6.17 Å². The van der Waals surface area contributed by atoms with Crippen molar-refractivity contribution in [2.45, 2.75) is 6.17 Å². The molecule has 0 bridgehead atoms. The summed E-state index contributed by atoms with van der Waals surface area (Å²) in [7, 11) is 0. The number of imidazole rings is 1. The number of nitrogens with one attached hydrogen (secondary N) is 1. The lowest BCUT2D eigenvalue weighted by Crippen LogP contribution is -2.49. The second-order valence-electron chi connectivity index (χ2n) is 9.21. The number of rotatable bonds is 5. The second kappa shape index (κ2) is 9.96. The van der Waals surface area contributed by atoms with Crippen molar-refractivity contribution >= 4 is 17.1 Å². The van der Waals surface area contributed by atoms with E-state index < -0.39 is 0 Å². The van der Waals surface area contributed by atoms with Crippen LogP contribution in [0.2, 0.25) is 0 Å². The van der Waals surface area contributed by atoms with Crippen molar-refractivity contribution in [1.82, 2.24) is 34.6 Å². The molecule has 3 N–H and O–H groups in total. The van der Waals surface area contributed by atoms with Crippen LogP contribution in [0, 0.1) is 0 Å². The molecule has 1 aromatic carbocycles. The number of benzene rings is 1. The molecule has 0 spiro atoms. The zero-order valence-corrected chi connectivity index (χ0v) is 20.4. The number of carbonyl (C=O) groups excluding carboxylic acids is 1. The van der Waals surface area contributed by atoms with E-state index in [-0.39, 0.29) is 12.1 Å². The van der Waals surface area contributed by atoms with Gasteiger partial charge in [-0.1, -0.05) is 6.07 Å². The van der Waals surface area contributed by atoms with E-state index in [4.69, 9.17) is 10.7 Å². The Morgan fingerprint density at radius 3 is 2.54 bits per heavy atom. The fourth-order valence-electron chi connectivity index (χ4n) is 4.83. The lowest BCUT2D eigenvalue weighted by molar-refractivity contribution is 0.0648. The van der Waals surface area contributed by atoms with Crippen LogP contribution in [0.25, 0.3) is 28.4 Å². The molecule has 1 fully saturated rings. The topological polar surface area (TPSA) is 105 Å². The SMILES string of the molecule is NC1C=C(CN2CCN(C(=O)c3ccc(-n4c(-c5ccccn5)nc5cccnc54)cc3)CC2)C=CN1. The first-order valence-electron chi connectivity index (χ1n) is 12.4. The van der Waals surface area contributed by atoms with Crippen LogP contribution < -0.4 is 11.1 Å². The van der Waals surface area contributed by atoms with Gasteiger partial charge < -0.3 is 16.0 Å². The minimum atomic E-state index is -0.137. The molecule has 1 atom stereocenters. The van der Waals surface area contributed by atoms with E-state index in [1.165, 1.54) is 5.57 Å². The monoisotopic (exact) mass is 492 g/mol. The molecular weight excluding hydrogens is 464 g/mol. The van der Waals surface area contributed by atoms with Gasteiger partial charge in [-0.3, -0.25) is 19.2 Å². The minimum absolute atomic E-state index is 0.0489. The predicted octanol–water partition coefficient (Wildman–Crippen LogP) is 2.57. The number of hydrogen-bond acceptors (Lipinski definition) is 7. The maximum Gasteiger partial charge on any atom is 0.253 e. The molecule has 0 saturated carbocycles. The predicted molar refractivity (Wildman–Crippen MR) is 143 cm³/mol. The van der Waals surface area contributed by atoms with Gasteiger partial charge in [0.2, 0.25) is 0 Å². The molecule has 186 valence electrons. The summed E-state index contributed by atoms with van der Waals surface area (Å²) < 4.78 is 1.99. The Kier molecular flexibility index (Phi) is 6.21. The molecule has 37 heavy (non-hydrogen) atoms. The molecule has 1 amide bonds. The van der Waals surface area contributed by atoms with Gasteiger partial charge in [-0.25, -0.2) is 9.97 Å². The van der Waals surface area contributed by atoms with E-state index in [0.717, 1.165) is 42.2 Å². The normalized spacial score (nSPS) is 18.0. The molecule has 2 aliphatic rings. The number of aromatic nitrogens is 4. The first-order valence-corrected chi connectivity index (χ1v) is 12.4. The zero-order valence-electron chi connectivity index (χ0n) is 20.4. The Balaban J connectivity index is 1.18. The van der Waals surface area contributed by atoms with Crippen molar-refractivity contribution < 1.29 is 4.79 Å². The lowest BCUT2D eigenvalue weighted by atomic mass is 10.1. The summed E-state index contributed by atoms with van der Waals surface area (Å²) in [6.07, 6.45) is 9.36. The maximum atomic E-state index is 13.3. The van der Waals surface area contributed by atoms with E-state index in [1.54, 1.807) is 12.4 Å². The molecule has 5 heterocycles. The van der Waals surface area contributed by atoms with Gasteiger partial charge in [0.15, 0.2) is 11.5 Å². The number of carbonyl (C=O) groups is 1. The fraction of sp³-hybridized carbons (Fsp3) is 0.214. The molecule has 2 aliphatic heterocycles. The molecule has 0 aliphatic carbocycles. The van der Waals surface area contributed by atoms with Gasteiger partial charge in [-0.15, -0.1) is 0 Å². The number of pyridine rings is 2. The van der Waals surface area contributed by atoms with Crippen molar-refractivity contribution in [3.63, 3.8) is 0 Å². The first-order chi connectivity index (χ1) is 18.2. The summed E-state index contributed by atoms with van der Waals surface area (Å²) in [5.41, 5.74) is 11.0. The highest BCUT2D eigenvalue weighted by atomic mass is 16.2. The van der Waals surface area contributed by atoms with Crippen LogP contribution in [0.4, 0.5) is 0 Å². The van der Waals surface area contributed by atoms with Crippen LogP contribution in [-0.4, -0.2) is 74.1 Å². The number of nitrogens with zero attached hydrogens (tertiary/aromatic N) is 6. The third-order valence-electron chi connectivity index (χ3n) is 6.73. The molecule has 0 radical (unpaired) electrons. The van der Waals surface area contributed by atoms with Crippen LogP contribution in [0.1, 0.15) is 10.4 Å². The number of dihydropyridines is 1. The largest absolute Gasteiger partial charge is 0.373 e.